The fraction of sp³-hybridized carbons (Fsp3) is 0.909. The Labute approximate surface area is 529 Å². The van der Waals surface area contributed by atoms with E-state index in [-0.39, 0.29) is 26.2 Å². The van der Waals surface area contributed by atoms with E-state index in [0.717, 1.165) is 96.9 Å². The molecule has 25 N–H and O–H groups in total. The van der Waals surface area contributed by atoms with E-state index in [1.165, 1.54) is 187 Å². The van der Waals surface area contributed by atoms with Gasteiger partial charge < -0.3 is 98.0 Å². The number of hydrogen-bond donors (Lipinski definition) is 14. The summed E-state index contributed by atoms with van der Waals surface area (Å²) < 4.78 is 5.23. The molecule has 3 heterocycles. The molecule has 0 aromatic heterocycles. The van der Waals surface area contributed by atoms with Gasteiger partial charge in [0, 0.05) is 84.6 Å². The van der Waals surface area contributed by atoms with Gasteiger partial charge in [0.1, 0.15) is 12.4 Å². The number of piperazine rings is 1. The van der Waals surface area contributed by atoms with E-state index in [0.29, 0.717) is 32.8 Å². The summed E-state index contributed by atoms with van der Waals surface area (Å²) in [5, 5.41) is 20.4. The molecule has 2 unspecified atom stereocenters. The number of piperidine rings is 2. The number of rotatable bonds is 32. The zero-order chi connectivity index (χ0) is 64.6. The third-order valence-electron chi connectivity index (χ3n) is 13.2. The highest BCUT2D eigenvalue weighted by molar-refractivity contribution is 5.20. The number of likely N-dealkylation sites (tertiary alicyclic amines) is 1. The summed E-state index contributed by atoms with van der Waals surface area (Å²) in [6.45, 7) is 37.8. The van der Waals surface area contributed by atoms with Gasteiger partial charge >= 0.3 is 0 Å². The topological polar surface area (TPSA) is 361 Å². The lowest BCUT2D eigenvalue weighted by atomic mass is 10.1. The average Bonchev–Trinajstić information content (AvgIpc) is 3.54. The molecule has 4 rings (SSSR count). The van der Waals surface area contributed by atoms with Crippen molar-refractivity contribution in [2.24, 2.45) is 63.1 Å². The first-order valence-corrected chi connectivity index (χ1v) is 34.1. The van der Waals surface area contributed by atoms with Crippen molar-refractivity contribution in [3.05, 3.63) is 30.3 Å². The second-order valence-corrected chi connectivity index (χ2v) is 21.5. The number of unbranched alkanes of at least 4 members (excludes halogenated alkanes) is 10. The summed E-state index contributed by atoms with van der Waals surface area (Å²) in [7, 11) is 2.18. The number of hydrogen-bond acceptors (Lipinski definition) is 19. The minimum absolute atomic E-state index is 0. The van der Waals surface area contributed by atoms with Crippen LogP contribution in [0.4, 0.5) is 0 Å². The Bertz CT molecular complexity index is 1100. The van der Waals surface area contributed by atoms with E-state index in [1.807, 2.05) is 44.2 Å². The molecule has 85 heavy (non-hydrogen) atoms. The molecule has 520 valence electrons. The van der Waals surface area contributed by atoms with Crippen LogP contribution in [-0.4, -0.2) is 213 Å². The predicted octanol–water partition coefficient (Wildman–Crippen LogP) is 6.80. The van der Waals surface area contributed by atoms with Crippen molar-refractivity contribution >= 4 is 0 Å². The number of aliphatic hydroxyl groups is 2. The van der Waals surface area contributed by atoms with Crippen LogP contribution in [0.1, 0.15) is 210 Å². The number of nitrogens with zero attached hydrogens (tertiary/aromatic N) is 4. The summed E-state index contributed by atoms with van der Waals surface area (Å²) in [6.07, 6.45) is 30.0. The van der Waals surface area contributed by atoms with Crippen molar-refractivity contribution in [2.75, 3.05) is 171 Å². The summed E-state index contributed by atoms with van der Waals surface area (Å²) in [5.74, 6) is 0.882. The van der Waals surface area contributed by atoms with Crippen LogP contribution >= 0.6 is 0 Å². The van der Waals surface area contributed by atoms with Crippen molar-refractivity contribution in [2.45, 2.75) is 222 Å². The van der Waals surface area contributed by atoms with Gasteiger partial charge in [-0.05, 0) is 168 Å². The summed E-state index contributed by atoms with van der Waals surface area (Å²) in [6, 6.07) is 9.86. The van der Waals surface area contributed by atoms with Gasteiger partial charge in [0.05, 0.1) is 12.7 Å². The Hall–Kier alpha value is -1.70. The molecule has 3 aliphatic heterocycles. The van der Waals surface area contributed by atoms with E-state index in [1.54, 1.807) is 0 Å². The van der Waals surface area contributed by atoms with E-state index in [2.05, 4.69) is 66.6 Å². The second kappa shape index (κ2) is 95.9. The standard InChI is InChI=1S/C8H19N3.C8H11NO.C7H18N2O.C7H16N2.C7H17N.C6H15N.C5H11N.C5H13N.C4H12N2.C4H11NO.C4H11N.CH4/c1-10-5-7-11(8-6-10)4-2-3-9;9-6-7-10-8-4-2-1-3-5-8;1-2-4-9(5-3-8)6-7-10;8-4-7-9-5-2-1-3-6-9;1-2-3-4-5-6-7-8;1-2-3-4-5-6-7;1-2-4-6-5-3-1;1-2-3-4-5-6;2*1-2-4(6)3-5;1-2-3-4-5;/h2-9H2,1H3;1-5H,6-7,9H2;10H,2-8H2,1H3;1-8H2;2-8H2,1H3;2-7H2,1H3;6H,1-5H2;2-6H2,1H3;4H,2-3,5-6H2,1H3;4,6H,2-3,5H2,1H3;2-5H2,1H3;1H4. The predicted molar refractivity (Wildman–Crippen MR) is 380 cm³/mol. The highest BCUT2D eigenvalue weighted by atomic mass is 16.5. The SMILES string of the molecule is C.C1CCNCC1.CCC(N)CN.CCC(O)CN.CCCCCCCN.CCCCCCN.CCCCCN.CCCCN.CCCN(CCN)CCO.CN1CCN(CCCN)CC1.NCCN1CCCCC1.NCCOc1ccccc1. The summed E-state index contributed by atoms with van der Waals surface area (Å²) in [5.41, 5.74) is 57.9. The molecular formula is C66H158N16O3. The summed E-state index contributed by atoms with van der Waals surface area (Å²) >= 11 is 0. The maximum Gasteiger partial charge on any atom is 0.119 e. The van der Waals surface area contributed by atoms with Crippen molar-refractivity contribution in [3.63, 3.8) is 0 Å². The van der Waals surface area contributed by atoms with Crippen LogP contribution in [0.25, 0.3) is 0 Å². The molecule has 3 fully saturated rings. The molecule has 0 aliphatic carbocycles. The summed E-state index contributed by atoms with van der Waals surface area (Å²) in [4.78, 5) is 9.48. The largest absolute Gasteiger partial charge is 0.492 e. The van der Waals surface area contributed by atoms with Crippen molar-refractivity contribution in [1.29, 1.82) is 0 Å². The van der Waals surface area contributed by atoms with Gasteiger partial charge in [-0.2, -0.15) is 0 Å². The van der Waals surface area contributed by atoms with E-state index in [9.17, 15) is 0 Å². The molecule has 3 aliphatic rings. The molecule has 0 amide bonds. The Kier molecular flexibility index (Phi) is 112. The van der Waals surface area contributed by atoms with Crippen LogP contribution in [0.3, 0.4) is 0 Å². The smallest absolute Gasteiger partial charge is 0.119 e. The molecule has 0 spiro atoms. The molecule has 3 saturated heterocycles. The van der Waals surface area contributed by atoms with Gasteiger partial charge in [0.2, 0.25) is 0 Å². The zero-order valence-corrected chi connectivity index (χ0v) is 57.1. The molecule has 1 aromatic rings. The third-order valence-corrected chi connectivity index (χ3v) is 13.2. The van der Waals surface area contributed by atoms with Gasteiger partial charge in [-0.1, -0.05) is 151 Å². The first-order valence-electron chi connectivity index (χ1n) is 34.1. The number of likely N-dealkylation sites (N-methyl/N-ethyl adjacent to an activating group) is 1. The molecular weight excluding hydrogens is 1060 g/mol. The monoisotopic (exact) mass is 1220 g/mol. The molecule has 0 bridgehead atoms. The highest BCUT2D eigenvalue weighted by Gasteiger charge is 2.12. The lowest BCUT2D eigenvalue weighted by Gasteiger charge is -2.32. The van der Waals surface area contributed by atoms with Crippen LogP contribution in [0, 0.1) is 0 Å². The molecule has 2 atom stereocenters. The fourth-order valence-electron chi connectivity index (χ4n) is 7.47. The normalized spacial score (nSPS) is 14.2. The van der Waals surface area contributed by atoms with Gasteiger partial charge in [0.15, 0.2) is 0 Å². The average molecular weight is 1220 g/mol. The van der Waals surface area contributed by atoms with Crippen LogP contribution < -0.4 is 73.1 Å². The lowest BCUT2D eigenvalue weighted by molar-refractivity contribution is 0.153. The van der Waals surface area contributed by atoms with E-state index in [4.69, 9.17) is 78.0 Å². The van der Waals surface area contributed by atoms with Crippen LogP contribution in [0.15, 0.2) is 30.3 Å². The van der Waals surface area contributed by atoms with Crippen molar-refractivity contribution < 1.29 is 14.9 Å². The Morgan fingerprint density at radius 1 is 0.482 bits per heavy atom. The Morgan fingerprint density at radius 2 is 0.953 bits per heavy atom. The Balaban J connectivity index is -0.000000129. The first-order chi connectivity index (χ1) is 40.8. The molecule has 0 saturated carbocycles. The van der Waals surface area contributed by atoms with Gasteiger partial charge in [-0.15, -0.1) is 0 Å². The first kappa shape index (κ1) is 99.5. The fourth-order valence-corrected chi connectivity index (χ4v) is 7.47. The zero-order valence-electron chi connectivity index (χ0n) is 57.1. The van der Waals surface area contributed by atoms with Crippen molar-refractivity contribution in [3.8, 4) is 5.75 Å². The minimum Gasteiger partial charge on any atom is -0.492 e. The van der Waals surface area contributed by atoms with E-state index < -0.39 is 0 Å². The molecule has 19 heteroatoms. The van der Waals surface area contributed by atoms with Crippen molar-refractivity contribution in [1.82, 2.24) is 24.9 Å². The maximum atomic E-state index is 8.61. The maximum absolute atomic E-state index is 8.61. The van der Waals surface area contributed by atoms with Gasteiger partial charge in [-0.3, -0.25) is 4.90 Å². The lowest BCUT2D eigenvalue weighted by Crippen LogP contribution is -2.44. The van der Waals surface area contributed by atoms with Crippen LogP contribution in [-0.2, 0) is 0 Å². The number of nitrogens with two attached hydrogens (primary N) is 11. The van der Waals surface area contributed by atoms with Crippen LogP contribution in [0.2, 0.25) is 0 Å². The van der Waals surface area contributed by atoms with Gasteiger partial charge in [-0.25, -0.2) is 0 Å². The number of ether oxygens (including phenoxy) is 1. The molecule has 0 radical (unpaired) electrons. The number of para-hydroxylation sites is 1. The van der Waals surface area contributed by atoms with E-state index >= 15 is 0 Å². The minimum atomic E-state index is -0.287. The highest BCUT2D eigenvalue weighted by Crippen LogP contribution is 2.08. The quantitative estimate of drug-likeness (QED) is 0.0330. The van der Waals surface area contributed by atoms with Gasteiger partial charge in [0.25, 0.3) is 0 Å². The number of aliphatic hydroxyl groups excluding tert-OH is 2. The second-order valence-electron chi connectivity index (χ2n) is 21.5. The molecule has 19 nitrogen and oxygen atoms in total. The Morgan fingerprint density at radius 3 is 1.28 bits per heavy atom. The number of nitrogens with one attached hydrogen (secondary N) is 1. The number of benzene rings is 1. The molecule has 1 aromatic carbocycles. The van der Waals surface area contributed by atoms with Crippen LogP contribution in [0.5, 0.6) is 5.75 Å². The third kappa shape index (κ3) is 102.